The van der Waals surface area contributed by atoms with Gasteiger partial charge in [-0.05, 0) is 43.5 Å². The molecule has 4 rings (SSSR count). The van der Waals surface area contributed by atoms with Crippen LogP contribution >= 0.6 is 0 Å². The number of hydrogen-bond acceptors (Lipinski definition) is 2. The minimum absolute atomic E-state index is 0.154. The molecule has 0 saturated carbocycles. The van der Waals surface area contributed by atoms with E-state index in [9.17, 15) is 4.79 Å². The fraction of sp³-hybridized carbons (Fsp3) is 0.154. The van der Waals surface area contributed by atoms with Gasteiger partial charge in [0, 0.05) is 17.4 Å². The summed E-state index contributed by atoms with van der Waals surface area (Å²) < 4.78 is 1.84. The van der Waals surface area contributed by atoms with E-state index in [0.717, 1.165) is 27.9 Å². The van der Waals surface area contributed by atoms with Gasteiger partial charge in [-0.1, -0.05) is 72.3 Å². The second-order valence-electron chi connectivity index (χ2n) is 7.71. The lowest BCUT2D eigenvalue weighted by Gasteiger charge is -2.09. The molecule has 1 N–H and O–H groups in total. The Morgan fingerprint density at radius 1 is 0.900 bits per heavy atom. The number of nitrogens with one attached hydrogen (secondary N) is 1. The maximum atomic E-state index is 13.2. The Kier molecular flexibility index (Phi) is 5.48. The highest BCUT2D eigenvalue weighted by atomic mass is 16.1. The molecule has 0 spiro atoms. The lowest BCUT2D eigenvalue weighted by atomic mass is 10.1. The fourth-order valence-electron chi connectivity index (χ4n) is 3.42. The van der Waals surface area contributed by atoms with Crippen LogP contribution in [0.3, 0.4) is 0 Å². The van der Waals surface area contributed by atoms with Crippen molar-refractivity contribution in [1.29, 1.82) is 0 Å². The Balaban J connectivity index is 1.71. The van der Waals surface area contributed by atoms with Gasteiger partial charge >= 0.3 is 0 Å². The second-order valence-corrected chi connectivity index (χ2v) is 7.71. The van der Waals surface area contributed by atoms with Crippen LogP contribution in [0.15, 0.2) is 79.0 Å². The Bertz CT molecular complexity index is 1170. The summed E-state index contributed by atoms with van der Waals surface area (Å²) in [6.45, 7) is 6.67. The molecule has 0 aliphatic heterocycles. The van der Waals surface area contributed by atoms with Crippen molar-refractivity contribution in [2.75, 3.05) is 5.32 Å². The molecule has 0 unspecified atom stereocenters. The summed E-state index contributed by atoms with van der Waals surface area (Å²) in [4.78, 5) is 13.2. The second kappa shape index (κ2) is 8.37. The van der Waals surface area contributed by atoms with Gasteiger partial charge in [-0.2, -0.15) is 5.10 Å². The molecule has 0 atom stereocenters. The van der Waals surface area contributed by atoms with E-state index < -0.39 is 0 Å². The zero-order valence-electron chi connectivity index (χ0n) is 17.5. The third-order valence-corrected chi connectivity index (χ3v) is 5.16. The zero-order chi connectivity index (χ0) is 21.1. The molecule has 1 amide bonds. The molecule has 0 aliphatic carbocycles. The summed E-state index contributed by atoms with van der Waals surface area (Å²) >= 11 is 0. The molecule has 0 fully saturated rings. The first-order valence-corrected chi connectivity index (χ1v) is 10.1. The number of hydrogen-bond donors (Lipinski definition) is 1. The van der Waals surface area contributed by atoms with Gasteiger partial charge < -0.3 is 5.32 Å². The number of amides is 1. The molecule has 150 valence electrons. The van der Waals surface area contributed by atoms with Crippen molar-refractivity contribution < 1.29 is 4.79 Å². The molecule has 4 aromatic rings. The first-order chi connectivity index (χ1) is 14.5. The number of benzene rings is 3. The van der Waals surface area contributed by atoms with Gasteiger partial charge in [-0.3, -0.25) is 9.48 Å². The summed E-state index contributed by atoms with van der Waals surface area (Å²) in [5.74, 6) is -0.154. The van der Waals surface area contributed by atoms with Crippen LogP contribution in [-0.2, 0) is 6.54 Å². The number of carbonyl (C=O) groups excluding carboxylic acids is 1. The topological polar surface area (TPSA) is 46.9 Å². The molecule has 0 bridgehead atoms. The van der Waals surface area contributed by atoms with Crippen molar-refractivity contribution in [2.24, 2.45) is 0 Å². The van der Waals surface area contributed by atoms with Crippen LogP contribution in [-0.4, -0.2) is 15.7 Å². The third kappa shape index (κ3) is 4.33. The van der Waals surface area contributed by atoms with Gasteiger partial charge in [0.25, 0.3) is 5.91 Å². The molecule has 0 saturated heterocycles. The SMILES string of the molecule is Cc1ccc(-c2nn(Cc3ccccc3)cc2C(=O)Nc2cc(C)ccc2C)cc1. The number of rotatable bonds is 5. The highest BCUT2D eigenvalue weighted by Gasteiger charge is 2.19. The van der Waals surface area contributed by atoms with E-state index >= 15 is 0 Å². The summed E-state index contributed by atoms with van der Waals surface area (Å²) in [6.07, 6.45) is 1.84. The predicted molar refractivity (Wildman–Crippen MR) is 122 cm³/mol. The standard InChI is InChI=1S/C26H25N3O/c1-18-10-13-22(14-11-18)25-23(17-29(28-25)16-21-7-5-4-6-8-21)26(30)27-24-15-19(2)9-12-20(24)3/h4-15,17H,16H2,1-3H3,(H,27,30). The quantitative estimate of drug-likeness (QED) is 0.466. The molecule has 4 nitrogen and oxygen atoms in total. The third-order valence-electron chi connectivity index (χ3n) is 5.16. The van der Waals surface area contributed by atoms with Gasteiger partial charge in [0.05, 0.1) is 12.1 Å². The van der Waals surface area contributed by atoms with E-state index in [-0.39, 0.29) is 5.91 Å². The van der Waals surface area contributed by atoms with E-state index in [1.54, 1.807) is 0 Å². The largest absolute Gasteiger partial charge is 0.322 e. The van der Waals surface area contributed by atoms with E-state index in [2.05, 4.69) is 17.4 Å². The molecule has 3 aromatic carbocycles. The van der Waals surface area contributed by atoms with Gasteiger partial charge in [-0.25, -0.2) is 0 Å². The van der Waals surface area contributed by atoms with Crippen molar-refractivity contribution in [3.05, 3.63) is 107 Å². The molecule has 0 aliphatic rings. The Labute approximate surface area is 177 Å². The Morgan fingerprint density at radius 2 is 1.60 bits per heavy atom. The lowest BCUT2D eigenvalue weighted by Crippen LogP contribution is -2.13. The number of anilines is 1. The molecule has 4 heteroatoms. The molecule has 30 heavy (non-hydrogen) atoms. The molecule has 1 heterocycles. The van der Waals surface area contributed by atoms with Crippen molar-refractivity contribution in [2.45, 2.75) is 27.3 Å². The minimum Gasteiger partial charge on any atom is -0.322 e. The van der Waals surface area contributed by atoms with Crippen molar-refractivity contribution in [3.8, 4) is 11.3 Å². The fourth-order valence-corrected chi connectivity index (χ4v) is 3.42. The van der Waals surface area contributed by atoms with E-state index in [1.807, 2.05) is 92.3 Å². The van der Waals surface area contributed by atoms with Crippen LogP contribution in [0.5, 0.6) is 0 Å². The summed E-state index contributed by atoms with van der Waals surface area (Å²) in [5, 5.41) is 7.84. The maximum Gasteiger partial charge on any atom is 0.259 e. The van der Waals surface area contributed by atoms with Crippen molar-refractivity contribution in [1.82, 2.24) is 9.78 Å². The summed E-state index contributed by atoms with van der Waals surface area (Å²) in [6, 6.07) is 24.3. The van der Waals surface area contributed by atoms with E-state index in [4.69, 9.17) is 5.10 Å². The number of carbonyl (C=O) groups is 1. The van der Waals surface area contributed by atoms with Crippen molar-refractivity contribution in [3.63, 3.8) is 0 Å². The average Bonchev–Trinajstić information content (AvgIpc) is 3.16. The smallest absolute Gasteiger partial charge is 0.259 e. The van der Waals surface area contributed by atoms with E-state index in [0.29, 0.717) is 17.8 Å². The van der Waals surface area contributed by atoms with Gasteiger partial charge in [0.1, 0.15) is 5.69 Å². The lowest BCUT2D eigenvalue weighted by molar-refractivity contribution is 0.102. The van der Waals surface area contributed by atoms with Crippen LogP contribution in [0, 0.1) is 20.8 Å². The Hall–Kier alpha value is -3.66. The minimum atomic E-state index is -0.154. The van der Waals surface area contributed by atoms with Crippen LogP contribution in [0.25, 0.3) is 11.3 Å². The van der Waals surface area contributed by atoms with Crippen molar-refractivity contribution >= 4 is 11.6 Å². The van der Waals surface area contributed by atoms with Crippen LogP contribution in [0.2, 0.25) is 0 Å². The zero-order valence-corrected chi connectivity index (χ0v) is 17.5. The first kappa shape index (κ1) is 19.6. The monoisotopic (exact) mass is 395 g/mol. The number of aromatic nitrogens is 2. The molecule has 1 aromatic heterocycles. The normalized spacial score (nSPS) is 10.8. The predicted octanol–water partition coefficient (Wildman–Crippen LogP) is 5.78. The first-order valence-electron chi connectivity index (χ1n) is 10.1. The van der Waals surface area contributed by atoms with Gasteiger partial charge in [-0.15, -0.1) is 0 Å². The summed E-state index contributed by atoms with van der Waals surface area (Å²) in [7, 11) is 0. The molecular formula is C26H25N3O. The Morgan fingerprint density at radius 3 is 2.33 bits per heavy atom. The molecular weight excluding hydrogens is 370 g/mol. The molecule has 0 radical (unpaired) electrons. The number of aryl methyl sites for hydroxylation is 3. The summed E-state index contributed by atoms with van der Waals surface area (Å²) in [5.41, 5.74) is 7.45. The number of nitrogens with zero attached hydrogens (tertiary/aromatic N) is 2. The average molecular weight is 396 g/mol. The maximum absolute atomic E-state index is 13.2. The van der Waals surface area contributed by atoms with Gasteiger partial charge in [0.2, 0.25) is 0 Å². The van der Waals surface area contributed by atoms with Gasteiger partial charge in [0.15, 0.2) is 0 Å². The highest BCUT2D eigenvalue weighted by Crippen LogP contribution is 2.25. The van der Waals surface area contributed by atoms with Crippen LogP contribution in [0.1, 0.15) is 32.6 Å². The van der Waals surface area contributed by atoms with Crippen LogP contribution < -0.4 is 5.32 Å². The highest BCUT2D eigenvalue weighted by molar-refractivity contribution is 6.08. The van der Waals surface area contributed by atoms with E-state index in [1.165, 1.54) is 5.56 Å². The van der Waals surface area contributed by atoms with Crippen LogP contribution in [0.4, 0.5) is 5.69 Å².